The predicted molar refractivity (Wildman–Crippen MR) is 85.2 cm³/mol. The molecule has 19 heavy (non-hydrogen) atoms. The van der Waals surface area contributed by atoms with Crippen molar-refractivity contribution in [1.82, 2.24) is 0 Å². The molecule has 0 aliphatic carbocycles. The summed E-state index contributed by atoms with van der Waals surface area (Å²) in [7, 11) is 0. The summed E-state index contributed by atoms with van der Waals surface area (Å²) in [5, 5.41) is 0. The molecule has 0 aliphatic rings. The topological polar surface area (TPSA) is 26.0 Å². The Morgan fingerprint density at radius 1 is 1.05 bits per heavy atom. The number of aryl methyl sites for hydroxylation is 1. The first-order chi connectivity index (χ1) is 9.19. The predicted octanol–water partition coefficient (Wildman–Crippen LogP) is 4.64. The first-order valence-electron chi connectivity index (χ1n) is 6.78. The van der Waals surface area contributed by atoms with E-state index in [1.54, 1.807) is 0 Å². The molecule has 0 bridgehead atoms. The van der Waals surface area contributed by atoms with Gasteiger partial charge in [0.15, 0.2) is 0 Å². The summed E-state index contributed by atoms with van der Waals surface area (Å²) in [5.74, 6) is 0. The zero-order chi connectivity index (χ0) is 13.7. The highest BCUT2D eigenvalue weighted by molar-refractivity contribution is 9.10. The van der Waals surface area contributed by atoms with Gasteiger partial charge in [-0.2, -0.15) is 0 Å². The highest BCUT2D eigenvalue weighted by atomic mass is 79.9. The van der Waals surface area contributed by atoms with Crippen molar-refractivity contribution >= 4 is 15.9 Å². The highest BCUT2D eigenvalue weighted by Crippen LogP contribution is 2.19. The molecule has 0 aliphatic heterocycles. The van der Waals surface area contributed by atoms with Crippen LogP contribution in [0.3, 0.4) is 0 Å². The Bertz CT molecular complexity index is 519. The van der Waals surface area contributed by atoms with E-state index in [1.165, 1.54) is 23.1 Å². The molecule has 0 aromatic heterocycles. The molecule has 2 aromatic carbocycles. The van der Waals surface area contributed by atoms with Crippen LogP contribution in [0.4, 0.5) is 0 Å². The van der Waals surface area contributed by atoms with Gasteiger partial charge in [-0.05, 0) is 41.7 Å². The summed E-state index contributed by atoms with van der Waals surface area (Å²) in [6, 6.07) is 17.1. The second-order valence-corrected chi connectivity index (χ2v) is 5.85. The van der Waals surface area contributed by atoms with E-state index in [9.17, 15) is 0 Å². The number of nitrogens with two attached hydrogens (primary N) is 1. The summed E-state index contributed by atoms with van der Waals surface area (Å²) in [5.41, 5.74) is 10.1. The molecule has 1 unspecified atom stereocenters. The van der Waals surface area contributed by atoms with Gasteiger partial charge in [0, 0.05) is 10.5 Å². The molecule has 2 aromatic rings. The average molecular weight is 318 g/mol. The van der Waals surface area contributed by atoms with E-state index < -0.39 is 0 Å². The van der Waals surface area contributed by atoms with Gasteiger partial charge < -0.3 is 5.73 Å². The van der Waals surface area contributed by atoms with Gasteiger partial charge in [-0.15, -0.1) is 0 Å². The van der Waals surface area contributed by atoms with Crippen LogP contribution in [0.15, 0.2) is 53.0 Å². The Hall–Kier alpha value is -1.12. The van der Waals surface area contributed by atoms with Gasteiger partial charge in [0.2, 0.25) is 0 Å². The lowest BCUT2D eigenvalue weighted by Crippen LogP contribution is -2.13. The summed E-state index contributed by atoms with van der Waals surface area (Å²) >= 11 is 3.49. The normalized spacial score (nSPS) is 12.4. The van der Waals surface area contributed by atoms with Crippen LogP contribution < -0.4 is 5.73 Å². The average Bonchev–Trinajstić information content (AvgIpc) is 2.40. The van der Waals surface area contributed by atoms with E-state index in [-0.39, 0.29) is 6.04 Å². The fourth-order valence-corrected chi connectivity index (χ4v) is 2.70. The summed E-state index contributed by atoms with van der Waals surface area (Å²) in [6.07, 6.45) is 3.19. The Morgan fingerprint density at radius 3 is 2.42 bits per heavy atom. The molecule has 100 valence electrons. The zero-order valence-electron chi connectivity index (χ0n) is 11.3. The van der Waals surface area contributed by atoms with E-state index in [4.69, 9.17) is 5.73 Å². The zero-order valence-corrected chi connectivity index (χ0v) is 12.9. The van der Waals surface area contributed by atoms with Crippen molar-refractivity contribution in [1.29, 1.82) is 0 Å². The monoisotopic (exact) mass is 317 g/mol. The molecule has 2 heteroatoms. The van der Waals surface area contributed by atoms with Crippen LogP contribution in [0.2, 0.25) is 0 Å². The van der Waals surface area contributed by atoms with Gasteiger partial charge in [0.25, 0.3) is 0 Å². The third-order valence-corrected chi connectivity index (χ3v) is 3.78. The molecule has 0 heterocycles. The fourth-order valence-electron chi connectivity index (χ4n) is 2.26. The van der Waals surface area contributed by atoms with Gasteiger partial charge in [0.05, 0.1) is 0 Å². The number of hydrogen-bond donors (Lipinski definition) is 1. The van der Waals surface area contributed by atoms with Gasteiger partial charge in [-0.1, -0.05) is 65.7 Å². The summed E-state index contributed by atoms with van der Waals surface area (Å²) in [4.78, 5) is 0. The lowest BCUT2D eigenvalue weighted by atomic mass is 9.98. The van der Waals surface area contributed by atoms with Crippen LogP contribution >= 0.6 is 15.9 Å². The maximum atomic E-state index is 6.29. The van der Waals surface area contributed by atoms with Crippen molar-refractivity contribution < 1.29 is 0 Å². The van der Waals surface area contributed by atoms with Crippen LogP contribution in [0, 0.1) is 0 Å². The maximum absolute atomic E-state index is 6.29. The Balaban J connectivity index is 2.05. The third kappa shape index (κ3) is 4.19. The van der Waals surface area contributed by atoms with Gasteiger partial charge in [-0.3, -0.25) is 0 Å². The quantitative estimate of drug-likeness (QED) is 0.853. The smallest absolute Gasteiger partial charge is 0.0335 e. The lowest BCUT2D eigenvalue weighted by Gasteiger charge is -2.13. The molecule has 1 atom stereocenters. The molecule has 1 nitrogen and oxygen atoms in total. The van der Waals surface area contributed by atoms with Crippen molar-refractivity contribution in [2.24, 2.45) is 5.73 Å². The largest absolute Gasteiger partial charge is 0.324 e. The maximum Gasteiger partial charge on any atom is 0.0335 e. The molecule has 0 saturated carbocycles. The second-order valence-electron chi connectivity index (χ2n) is 4.93. The molecule has 0 radical (unpaired) electrons. The summed E-state index contributed by atoms with van der Waals surface area (Å²) in [6.45, 7) is 2.20. The molecular weight excluding hydrogens is 298 g/mol. The van der Waals surface area contributed by atoms with Crippen LogP contribution in [0.5, 0.6) is 0 Å². The first kappa shape index (κ1) is 14.3. The third-order valence-electron chi connectivity index (χ3n) is 3.29. The van der Waals surface area contributed by atoms with Crippen molar-refractivity contribution in [2.75, 3.05) is 0 Å². The van der Waals surface area contributed by atoms with Crippen LogP contribution in [0.1, 0.15) is 36.1 Å². The molecular formula is C17H20BrN. The lowest BCUT2D eigenvalue weighted by molar-refractivity contribution is 0.721. The standard InChI is InChI=1S/C17H20BrN/c1-2-4-13-7-9-15(10-8-13)17(19)12-14-5-3-6-16(18)11-14/h3,5-11,17H,2,4,12,19H2,1H3. The molecule has 2 N–H and O–H groups in total. The highest BCUT2D eigenvalue weighted by Gasteiger charge is 2.07. The first-order valence-corrected chi connectivity index (χ1v) is 7.57. The summed E-state index contributed by atoms with van der Waals surface area (Å²) < 4.78 is 1.11. The number of halogens is 1. The van der Waals surface area contributed by atoms with Crippen LogP contribution in [-0.2, 0) is 12.8 Å². The number of rotatable bonds is 5. The SMILES string of the molecule is CCCc1ccc(C(N)Cc2cccc(Br)c2)cc1. The minimum Gasteiger partial charge on any atom is -0.324 e. The Labute approximate surface area is 124 Å². The Kier molecular flexibility index (Phi) is 5.17. The van der Waals surface area contributed by atoms with E-state index in [0.717, 1.165) is 17.3 Å². The second kappa shape index (κ2) is 6.88. The van der Waals surface area contributed by atoms with Crippen LogP contribution in [-0.4, -0.2) is 0 Å². The molecule has 0 fully saturated rings. The fraction of sp³-hybridized carbons (Fsp3) is 0.294. The number of benzene rings is 2. The van der Waals surface area contributed by atoms with Crippen molar-refractivity contribution in [3.05, 3.63) is 69.7 Å². The minimum atomic E-state index is 0.0602. The van der Waals surface area contributed by atoms with Crippen LogP contribution in [0.25, 0.3) is 0 Å². The van der Waals surface area contributed by atoms with Crippen molar-refractivity contribution in [3.8, 4) is 0 Å². The van der Waals surface area contributed by atoms with Gasteiger partial charge in [0.1, 0.15) is 0 Å². The van der Waals surface area contributed by atoms with E-state index in [2.05, 4.69) is 65.3 Å². The molecule has 2 rings (SSSR count). The minimum absolute atomic E-state index is 0.0602. The van der Waals surface area contributed by atoms with Crippen molar-refractivity contribution in [2.45, 2.75) is 32.2 Å². The molecule has 0 spiro atoms. The molecule has 0 amide bonds. The van der Waals surface area contributed by atoms with Gasteiger partial charge >= 0.3 is 0 Å². The molecule has 0 saturated heterocycles. The van der Waals surface area contributed by atoms with E-state index in [1.807, 2.05) is 6.07 Å². The van der Waals surface area contributed by atoms with Crippen molar-refractivity contribution in [3.63, 3.8) is 0 Å². The van der Waals surface area contributed by atoms with E-state index in [0.29, 0.717) is 0 Å². The van der Waals surface area contributed by atoms with E-state index >= 15 is 0 Å². The number of hydrogen-bond acceptors (Lipinski definition) is 1. The Morgan fingerprint density at radius 2 is 1.79 bits per heavy atom. The van der Waals surface area contributed by atoms with Gasteiger partial charge in [-0.25, -0.2) is 0 Å².